The molecule has 6 nitrogen and oxygen atoms in total. The smallest absolute Gasteiger partial charge is 0.306 e. The van der Waals surface area contributed by atoms with Crippen molar-refractivity contribution >= 4 is 17.9 Å². The summed E-state index contributed by atoms with van der Waals surface area (Å²) in [4.78, 5) is 38.1. The van der Waals surface area contributed by atoms with Crippen molar-refractivity contribution in [3.63, 3.8) is 0 Å². The first-order valence-corrected chi connectivity index (χ1v) is 28.8. The minimum Gasteiger partial charge on any atom is -0.462 e. The van der Waals surface area contributed by atoms with Crippen LogP contribution in [0.3, 0.4) is 0 Å². The Morgan fingerprint density at radius 1 is 0.292 bits per heavy atom. The second-order valence-electron chi connectivity index (χ2n) is 19.6. The number of unbranched alkanes of at least 4 members (excludes halogenated alkanes) is 38. The number of ether oxygens (including phenoxy) is 3. The molecule has 0 aromatic heterocycles. The van der Waals surface area contributed by atoms with Gasteiger partial charge in [-0.3, -0.25) is 14.4 Å². The third kappa shape index (κ3) is 52.7. The van der Waals surface area contributed by atoms with Gasteiger partial charge in [0.1, 0.15) is 13.2 Å². The van der Waals surface area contributed by atoms with Crippen LogP contribution in [0.1, 0.15) is 316 Å². The van der Waals surface area contributed by atoms with Crippen LogP contribution in [-0.2, 0) is 28.6 Å². The van der Waals surface area contributed by atoms with Crippen LogP contribution in [0.5, 0.6) is 0 Å². The highest BCUT2D eigenvalue weighted by molar-refractivity contribution is 5.71. The zero-order valence-corrected chi connectivity index (χ0v) is 43.8. The molecule has 0 bridgehead atoms. The topological polar surface area (TPSA) is 78.9 Å². The molecule has 0 aliphatic rings. The Bertz CT molecular complexity index is 1050. The summed E-state index contributed by atoms with van der Waals surface area (Å²) in [5, 5.41) is 0. The Kier molecular flexibility index (Phi) is 52.7. The Morgan fingerprint density at radius 2 is 0.508 bits per heavy atom. The molecule has 65 heavy (non-hydrogen) atoms. The fourth-order valence-electron chi connectivity index (χ4n) is 8.55. The molecular formula is C59H110O6. The van der Waals surface area contributed by atoms with Crippen LogP contribution in [-0.4, -0.2) is 37.2 Å². The average Bonchev–Trinajstić information content (AvgIpc) is 3.30. The highest BCUT2D eigenvalue weighted by Gasteiger charge is 2.19. The summed E-state index contributed by atoms with van der Waals surface area (Å²) in [6.07, 6.45) is 63.1. The molecule has 0 amide bonds. The lowest BCUT2D eigenvalue weighted by atomic mass is 10.0. The van der Waals surface area contributed by atoms with E-state index in [9.17, 15) is 14.4 Å². The fourth-order valence-corrected chi connectivity index (χ4v) is 8.55. The minimum atomic E-state index is -0.775. The fraction of sp³-hybridized carbons (Fsp3) is 0.881. The van der Waals surface area contributed by atoms with Crippen molar-refractivity contribution in [3.05, 3.63) is 24.3 Å². The van der Waals surface area contributed by atoms with Crippen molar-refractivity contribution in [2.75, 3.05) is 13.2 Å². The number of hydrogen-bond acceptors (Lipinski definition) is 6. The van der Waals surface area contributed by atoms with E-state index in [4.69, 9.17) is 14.2 Å². The van der Waals surface area contributed by atoms with Gasteiger partial charge < -0.3 is 14.2 Å². The molecule has 0 aliphatic heterocycles. The normalized spacial score (nSPS) is 12.1. The van der Waals surface area contributed by atoms with Crippen molar-refractivity contribution in [2.24, 2.45) is 0 Å². The highest BCUT2D eigenvalue weighted by atomic mass is 16.6. The molecule has 0 heterocycles. The highest BCUT2D eigenvalue weighted by Crippen LogP contribution is 2.16. The Morgan fingerprint density at radius 3 is 0.769 bits per heavy atom. The van der Waals surface area contributed by atoms with E-state index in [2.05, 4.69) is 45.1 Å². The van der Waals surface area contributed by atoms with Crippen LogP contribution >= 0.6 is 0 Å². The van der Waals surface area contributed by atoms with Gasteiger partial charge in [0.15, 0.2) is 6.10 Å². The zero-order valence-electron chi connectivity index (χ0n) is 43.8. The third-order valence-corrected chi connectivity index (χ3v) is 12.9. The quantitative estimate of drug-likeness (QED) is 0.0262. The molecule has 0 aliphatic carbocycles. The van der Waals surface area contributed by atoms with Crippen molar-refractivity contribution in [2.45, 2.75) is 322 Å². The molecule has 1 atom stereocenters. The molecule has 0 saturated heterocycles. The predicted molar refractivity (Wildman–Crippen MR) is 279 cm³/mol. The van der Waals surface area contributed by atoms with Gasteiger partial charge in [-0.15, -0.1) is 0 Å². The van der Waals surface area contributed by atoms with E-state index >= 15 is 0 Å². The minimum absolute atomic E-state index is 0.0728. The van der Waals surface area contributed by atoms with E-state index in [1.54, 1.807) is 0 Å². The molecule has 0 spiro atoms. The first kappa shape index (κ1) is 62.9. The SMILES string of the molecule is CCCCCCCC/C=C\CCCCCCCC(=O)OCC(COC(=O)CCCCCCCCCCCCCCCCCCC)OC(=O)CCCCCCC/C=C\CCCCCCCC. The summed E-state index contributed by atoms with van der Waals surface area (Å²) >= 11 is 0. The molecule has 382 valence electrons. The van der Waals surface area contributed by atoms with Crippen LogP contribution in [0.15, 0.2) is 24.3 Å². The van der Waals surface area contributed by atoms with E-state index in [0.717, 1.165) is 70.6 Å². The summed E-state index contributed by atoms with van der Waals surface area (Å²) in [6, 6.07) is 0. The van der Waals surface area contributed by atoms with Gasteiger partial charge in [0.2, 0.25) is 0 Å². The Hall–Kier alpha value is -2.11. The van der Waals surface area contributed by atoms with E-state index in [0.29, 0.717) is 19.3 Å². The third-order valence-electron chi connectivity index (χ3n) is 12.9. The summed E-state index contributed by atoms with van der Waals surface area (Å²) < 4.78 is 16.9. The van der Waals surface area contributed by atoms with Gasteiger partial charge in [-0.05, 0) is 70.6 Å². The first-order valence-electron chi connectivity index (χ1n) is 28.8. The molecule has 0 aromatic rings. The average molecular weight is 916 g/mol. The molecule has 0 radical (unpaired) electrons. The number of carbonyl (C=O) groups excluding carboxylic acids is 3. The monoisotopic (exact) mass is 915 g/mol. The maximum Gasteiger partial charge on any atom is 0.306 e. The molecule has 1 unspecified atom stereocenters. The number of hydrogen-bond donors (Lipinski definition) is 0. The van der Waals surface area contributed by atoms with Crippen LogP contribution in [0.25, 0.3) is 0 Å². The van der Waals surface area contributed by atoms with E-state index < -0.39 is 6.10 Å². The predicted octanol–water partition coefficient (Wildman–Crippen LogP) is 19.1. The molecule has 0 saturated carbocycles. The van der Waals surface area contributed by atoms with Crippen molar-refractivity contribution in [1.82, 2.24) is 0 Å². The lowest BCUT2D eigenvalue weighted by molar-refractivity contribution is -0.167. The molecule has 0 aromatic carbocycles. The number of esters is 3. The maximum atomic E-state index is 12.8. The van der Waals surface area contributed by atoms with Gasteiger partial charge in [-0.1, -0.05) is 251 Å². The molecule has 0 rings (SSSR count). The van der Waals surface area contributed by atoms with Crippen LogP contribution in [0.2, 0.25) is 0 Å². The van der Waals surface area contributed by atoms with Crippen LogP contribution in [0, 0.1) is 0 Å². The number of allylic oxidation sites excluding steroid dienone is 4. The van der Waals surface area contributed by atoms with Gasteiger partial charge >= 0.3 is 17.9 Å². The molecule has 0 fully saturated rings. The van der Waals surface area contributed by atoms with Gasteiger partial charge in [-0.25, -0.2) is 0 Å². The van der Waals surface area contributed by atoms with Crippen molar-refractivity contribution in [3.8, 4) is 0 Å². The molecule has 6 heteroatoms. The van der Waals surface area contributed by atoms with Gasteiger partial charge in [-0.2, -0.15) is 0 Å². The second kappa shape index (κ2) is 54.5. The second-order valence-corrected chi connectivity index (χ2v) is 19.6. The lowest BCUT2D eigenvalue weighted by Crippen LogP contribution is -2.30. The first-order chi connectivity index (χ1) is 32.0. The largest absolute Gasteiger partial charge is 0.462 e. The van der Waals surface area contributed by atoms with Crippen LogP contribution in [0.4, 0.5) is 0 Å². The summed E-state index contributed by atoms with van der Waals surface area (Å²) in [5.74, 6) is -0.871. The van der Waals surface area contributed by atoms with Gasteiger partial charge in [0, 0.05) is 19.3 Å². The molecular weight excluding hydrogens is 805 g/mol. The van der Waals surface area contributed by atoms with Gasteiger partial charge in [0.25, 0.3) is 0 Å². The maximum absolute atomic E-state index is 12.8. The Balaban J connectivity index is 4.35. The van der Waals surface area contributed by atoms with Crippen molar-refractivity contribution in [1.29, 1.82) is 0 Å². The Labute approximate surface area is 404 Å². The number of carbonyl (C=O) groups is 3. The van der Waals surface area contributed by atoms with E-state index in [-0.39, 0.29) is 31.1 Å². The molecule has 0 N–H and O–H groups in total. The van der Waals surface area contributed by atoms with Gasteiger partial charge in [0.05, 0.1) is 0 Å². The van der Waals surface area contributed by atoms with Crippen molar-refractivity contribution < 1.29 is 28.6 Å². The number of rotatable bonds is 53. The van der Waals surface area contributed by atoms with E-state index in [1.165, 1.54) is 205 Å². The summed E-state index contributed by atoms with van der Waals surface area (Å²) in [6.45, 7) is 6.66. The van der Waals surface area contributed by atoms with Crippen LogP contribution < -0.4 is 0 Å². The van der Waals surface area contributed by atoms with E-state index in [1.807, 2.05) is 0 Å². The zero-order chi connectivity index (χ0) is 47.2. The summed E-state index contributed by atoms with van der Waals surface area (Å²) in [7, 11) is 0. The standard InChI is InChI=1S/C59H110O6/c1-4-7-10-13-16-19-22-25-28-29-32-34-37-40-43-46-49-52-58(61)64-55-56(65-59(62)53-50-47-44-41-38-35-31-27-24-21-18-15-12-9-6-3)54-63-57(60)51-48-45-42-39-36-33-30-26-23-20-17-14-11-8-5-2/h26-27,30-31,56H,4-25,28-29,32-55H2,1-3H3/b30-26-,31-27-. The lowest BCUT2D eigenvalue weighted by Gasteiger charge is -2.18. The summed E-state index contributed by atoms with van der Waals surface area (Å²) in [5.41, 5.74) is 0.